The van der Waals surface area contributed by atoms with E-state index in [0.29, 0.717) is 24.5 Å². The van der Waals surface area contributed by atoms with Crippen LogP contribution < -0.4 is 0 Å². The number of nitrogens with zero attached hydrogens (tertiary/aromatic N) is 1. The lowest BCUT2D eigenvalue weighted by Crippen LogP contribution is -2.41. The molecule has 2 atom stereocenters. The number of hydrogen-bond acceptors (Lipinski definition) is 2. The summed E-state index contributed by atoms with van der Waals surface area (Å²) in [5, 5.41) is 0. The minimum atomic E-state index is 0.364. The van der Waals surface area contributed by atoms with Crippen LogP contribution in [-0.2, 0) is 9.53 Å². The average Bonchev–Trinajstić information content (AvgIpc) is 3.00. The number of hydrogen-bond donors (Lipinski definition) is 0. The summed E-state index contributed by atoms with van der Waals surface area (Å²) in [6.07, 6.45) is 6.91. The lowest BCUT2D eigenvalue weighted by molar-refractivity contribution is -0.134. The Morgan fingerprint density at radius 1 is 1.29 bits per heavy atom. The van der Waals surface area contributed by atoms with E-state index in [1.165, 1.54) is 32.1 Å². The molecule has 1 amide bonds. The van der Waals surface area contributed by atoms with Crippen LogP contribution >= 0.6 is 0 Å². The molecule has 0 heterocycles. The van der Waals surface area contributed by atoms with Crippen molar-refractivity contribution in [2.24, 2.45) is 11.8 Å². The highest BCUT2D eigenvalue weighted by Crippen LogP contribution is 2.35. The molecule has 0 aromatic carbocycles. The molecule has 0 radical (unpaired) electrons. The van der Waals surface area contributed by atoms with Crippen molar-refractivity contribution in [2.45, 2.75) is 51.5 Å². The molecule has 2 fully saturated rings. The molecular formula is C14H25NO2. The van der Waals surface area contributed by atoms with Crippen molar-refractivity contribution >= 4 is 5.91 Å². The largest absolute Gasteiger partial charge is 0.383 e. The Morgan fingerprint density at radius 2 is 2.06 bits per heavy atom. The second kappa shape index (κ2) is 5.85. The van der Waals surface area contributed by atoms with E-state index in [9.17, 15) is 4.79 Å². The Hall–Kier alpha value is -0.570. The van der Waals surface area contributed by atoms with Gasteiger partial charge in [-0.15, -0.1) is 0 Å². The number of ether oxygens (including phenoxy) is 1. The van der Waals surface area contributed by atoms with Crippen LogP contribution in [0.3, 0.4) is 0 Å². The molecule has 2 rings (SSSR count). The maximum Gasteiger partial charge on any atom is 0.223 e. The van der Waals surface area contributed by atoms with Crippen LogP contribution in [0.4, 0.5) is 0 Å². The quantitative estimate of drug-likeness (QED) is 0.712. The number of amides is 1. The Balaban J connectivity index is 1.88. The Labute approximate surface area is 105 Å². The molecule has 2 saturated carbocycles. The Kier molecular flexibility index (Phi) is 4.43. The maximum absolute atomic E-state index is 12.3. The van der Waals surface area contributed by atoms with E-state index < -0.39 is 0 Å². The standard InChI is InChI=1S/C14H25NO2/c1-11-3-6-13(9-11)15(7-8-17-2)14(16)10-12-4-5-12/h11-13H,3-10H2,1-2H3/t11-,13-/m1/s1. The topological polar surface area (TPSA) is 29.5 Å². The molecule has 0 saturated heterocycles. The van der Waals surface area contributed by atoms with Crippen LogP contribution in [0, 0.1) is 11.8 Å². The van der Waals surface area contributed by atoms with Gasteiger partial charge in [0.15, 0.2) is 0 Å². The molecule has 3 heteroatoms. The molecule has 3 nitrogen and oxygen atoms in total. The van der Waals surface area contributed by atoms with Gasteiger partial charge in [-0.25, -0.2) is 0 Å². The van der Waals surface area contributed by atoms with E-state index in [1.807, 2.05) is 0 Å². The van der Waals surface area contributed by atoms with Crippen molar-refractivity contribution in [3.05, 3.63) is 0 Å². The van der Waals surface area contributed by atoms with Gasteiger partial charge in [-0.2, -0.15) is 0 Å². The van der Waals surface area contributed by atoms with Gasteiger partial charge in [-0.05, 0) is 43.9 Å². The smallest absolute Gasteiger partial charge is 0.223 e. The van der Waals surface area contributed by atoms with Gasteiger partial charge in [0.2, 0.25) is 5.91 Å². The van der Waals surface area contributed by atoms with Gasteiger partial charge in [0, 0.05) is 26.1 Å². The molecule has 98 valence electrons. The van der Waals surface area contributed by atoms with E-state index in [4.69, 9.17) is 4.74 Å². The van der Waals surface area contributed by atoms with Crippen molar-refractivity contribution in [2.75, 3.05) is 20.3 Å². The highest BCUT2D eigenvalue weighted by atomic mass is 16.5. The highest BCUT2D eigenvalue weighted by Gasteiger charge is 2.32. The number of carbonyl (C=O) groups is 1. The third-order valence-corrected chi connectivity index (χ3v) is 4.12. The third kappa shape index (κ3) is 3.70. The van der Waals surface area contributed by atoms with Gasteiger partial charge in [0.05, 0.1) is 6.61 Å². The SMILES string of the molecule is COCCN(C(=O)CC1CC1)[C@@H]1CC[C@@H](C)C1. The van der Waals surface area contributed by atoms with Crippen molar-refractivity contribution in [1.29, 1.82) is 0 Å². The summed E-state index contributed by atoms with van der Waals surface area (Å²) in [6.45, 7) is 3.74. The molecular weight excluding hydrogens is 214 g/mol. The number of methoxy groups -OCH3 is 1. The first kappa shape index (κ1) is 12.9. The second-order valence-electron chi connectivity index (χ2n) is 5.80. The summed E-state index contributed by atoms with van der Waals surface area (Å²) in [4.78, 5) is 14.4. The molecule has 0 unspecified atom stereocenters. The maximum atomic E-state index is 12.3. The van der Waals surface area contributed by atoms with E-state index in [-0.39, 0.29) is 0 Å². The van der Waals surface area contributed by atoms with E-state index in [0.717, 1.165) is 18.9 Å². The predicted octanol–water partition coefficient (Wildman–Crippen LogP) is 2.45. The van der Waals surface area contributed by atoms with Crippen LogP contribution in [0.5, 0.6) is 0 Å². The van der Waals surface area contributed by atoms with Crippen LogP contribution in [0.1, 0.15) is 45.4 Å². The molecule has 0 spiro atoms. The van der Waals surface area contributed by atoms with E-state index in [2.05, 4.69) is 11.8 Å². The lowest BCUT2D eigenvalue weighted by atomic mass is 10.1. The Bertz CT molecular complexity index is 263. The first-order chi connectivity index (χ1) is 8.20. The van der Waals surface area contributed by atoms with Crippen LogP contribution in [0.2, 0.25) is 0 Å². The zero-order valence-electron chi connectivity index (χ0n) is 11.2. The molecule has 2 aliphatic rings. The molecule has 2 aliphatic carbocycles. The van der Waals surface area contributed by atoms with Crippen LogP contribution in [0.15, 0.2) is 0 Å². The first-order valence-corrected chi connectivity index (χ1v) is 6.99. The van der Waals surface area contributed by atoms with Gasteiger partial charge in [0.1, 0.15) is 0 Å². The molecule has 17 heavy (non-hydrogen) atoms. The fourth-order valence-electron chi connectivity index (χ4n) is 2.85. The summed E-state index contributed by atoms with van der Waals surface area (Å²) in [7, 11) is 1.71. The van der Waals surface area contributed by atoms with Gasteiger partial charge in [-0.1, -0.05) is 6.92 Å². The minimum absolute atomic E-state index is 0.364. The fraction of sp³-hybridized carbons (Fsp3) is 0.929. The molecule has 0 aliphatic heterocycles. The first-order valence-electron chi connectivity index (χ1n) is 6.99. The summed E-state index contributed by atoms with van der Waals surface area (Å²) < 4.78 is 5.14. The van der Waals surface area contributed by atoms with E-state index in [1.54, 1.807) is 7.11 Å². The molecule has 0 aromatic heterocycles. The van der Waals surface area contributed by atoms with Gasteiger partial charge in [0.25, 0.3) is 0 Å². The van der Waals surface area contributed by atoms with Crippen molar-refractivity contribution < 1.29 is 9.53 Å². The normalized spacial score (nSPS) is 28.4. The second-order valence-corrected chi connectivity index (χ2v) is 5.80. The van der Waals surface area contributed by atoms with Gasteiger partial charge in [-0.3, -0.25) is 4.79 Å². The predicted molar refractivity (Wildman–Crippen MR) is 67.7 cm³/mol. The zero-order chi connectivity index (χ0) is 12.3. The zero-order valence-corrected chi connectivity index (χ0v) is 11.2. The average molecular weight is 239 g/mol. The monoisotopic (exact) mass is 239 g/mol. The summed E-state index contributed by atoms with van der Waals surface area (Å²) in [5.41, 5.74) is 0. The number of carbonyl (C=O) groups excluding carboxylic acids is 1. The number of rotatable bonds is 6. The van der Waals surface area contributed by atoms with Crippen molar-refractivity contribution in [1.82, 2.24) is 4.90 Å². The van der Waals surface area contributed by atoms with Crippen LogP contribution in [0.25, 0.3) is 0 Å². The third-order valence-electron chi connectivity index (χ3n) is 4.12. The minimum Gasteiger partial charge on any atom is -0.383 e. The fourth-order valence-corrected chi connectivity index (χ4v) is 2.85. The molecule has 0 aromatic rings. The van der Waals surface area contributed by atoms with Crippen molar-refractivity contribution in [3.63, 3.8) is 0 Å². The summed E-state index contributed by atoms with van der Waals surface area (Å²) in [6, 6.07) is 0.478. The van der Waals surface area contributed by atoms with Crippen LogP contribution in [-0.4, -0.2) is 37.1 Å². The van der Waals surface area contributed by atoms with E-state index >= 15 is 0 Å². The molecule has 0 N–H and O–H groups in total. The van der Waals surface area contributed by atoms with Gasteiger partial charge >= 0.3 is 0 Å². The summed E-state index contributed by atoms with van der Waals surface area (Å²) in [5.74, 6) is 1.83. The highest BCUT2D eigenvalue weighted by molar-refractivity contribution is 5.77. The summed E-state index contributed by atoms with van der Waals surface area (Å²) >= 11 is 0. The van der Waals surface area contributed by atoms with Crippen molar-refractivity contribution in [3.8, 4) is 0 Å². The Morgan fingerprint density at radius 3 is 2.59 bits per heavy atom. The molecule has 0 bridgehead atoms. The lowest BCUT2D eigenvalue weighted by Gasteiger charge is -2.29. The van der Waals surface area contributed by atoms with Gasteiger partial charge < -0.3 is 9.64 Å².